The number of rotatable bonds is 1. The lowest BCUT2D eigenvalue weighted by Gasteiger charge is -2.06. The minimum atomic E-state index is -0.542. The molecule has 0 bridgehead atoms. The molecule has 0 aliphatic heterocycles. The minimum absolute atomic E-state index is 0.542. The lowest BCUT2D eigenvalue weighted by molar-refractivity contribution is 0.918. The number of halogens is 1. The van der Waals surface area contributed by atoms with Crippen molar-refractivity contribution in [2.75, 3.05) is 0 Å². The maximum absolute atomic E-state index is 8.59. The first-order valence-electron chi connectivity index (χ1n) is 3.56. The fourth-order valence-electron chi connectivity index (χ4n) is 0.954. The second-order valence-corrected chi connectivity index (χ2v) is 3.49. The van der Waals surface area contributed by atoms with Gasteiger partial charge in [0.1, 0.15) is 6.04 Å². The Kier molecular flexibility index (Phi) is 2.85. The van der Waals surface area contributed by atoms with E-state index in [4.69, 9.17) is 11.0 Å². The van der Waals surface area contributed by atoms with Crippen LogP contribution in [0.15, 0.2) is 22.7 Å². The lowest BCUT2D eigenvalue weighted by atomic mass is 10.1. The summed E-state index contributed by atoms with van der Waals surface area (Å²) in [6.45, 7) is 1.99. The van der Waals surface area contributed by atoms with E-state index in [1.54, 1.807) is 0 Å². The predicted octanol–water partition coefficient (Wildman–Crippen LogP) is 2.28. The van der Waals surface area contributed by atoms with E-state index in [2.05, 4.69) is 15.9 Å². The molecule has 0 aliphatic carbocycles. The van der Waals surface area contributed by atoms with Gasteiger partial charge in [0.2, 0.25) is 0 Å². The summed E-state index contributed by atoms with van der Waals surface area (Å²) in [5, 5.41) is 8.59. The number of aryl methyl sites for hydroxylation is 1. The van der Waals surface area contributed by atoms with E-state index < -0.39 is 6.04 Å². The van der Waals surface area contributed by atoms with Crippen LogP contribution in [0.1, 0.15) is 17.2 Å². The molecule has 0 fully saturated rings. The van der Waals surface area contributed by atoms with Gasteiger partial charge in [-0.05, 0) is 24.1 Å². The second-order valence-electron chi connectivity index (χ2n) is 2.63. The summed E-state index contributed by atoms with van der Waals surface area (Å²) in [6, 6.07) is 7.21. The topological polar surface area (TPSA) is 49.8 Å². The van der Waals surface area contributed by atoms with Crippen molar-refractivity contribution in [2.24, 2.45) is 5.73 Å². The fourth-order valence-corrected chi connectivity index (χ4v) is 1.69. The molecule has 2 N–H and O–H groups in total. The number of nitrogens with two attached hydrogens (primary N) is 1. The van der Waals surface area contributed by atoms with Crippen LogP contribution >= 0.6 is 15.9 Å². The van der Waals surface area contributed by atoms with Gasteiger partial charge in [0.15, 0.2) is 0 Å². The van der Waals surface area contributed by atoms with Gasteiger partial charge in [-0.15, -0.1) is 0 Å². The van der Waals surface area contributed by atoms with Gasteiger partial charge >= 0.3 is 0 Å². The van der Waals surface area contributed by atoms with Crippen molar-refractivity contribution in [2.45, 2.75) is 13.0 Å². The third-order valence-electron chi connectivity index (χ3n) is 1.63. The third-order valence-corrected chi connectivity index (χ3v) is 2.32. The Morgan fingerprint density at radius 2 is 2.25 bits per heavy atom. The predicted molar refractivity (Wildman–Crippen MR) is 51.4 cm³/mol. The molecule has 0 heterocycles. The summed E-state index contributed by atoms with van der Waals surface area (Å²) in [5.74, 6) is 0. The summed E-state index contributed by atoms with van der Waals surface area (Å²) in [4.78, 5) is 0. The molecule has 62 valence electrons. The van der Waals surface area contributed by atoms with Crippen LogP contribution in [-0.2, 0) is 0 Å². The Labute approximate surface area is 80.1 Å². The number of hydrogen-bond donors (Lipinski definition) is 1. The van der Waals surface area contributed by atoms with Gasteiger partial charge in [0.25, 0.3) is 0 Å². The first-order chi connectivity index (χ1) is 5.65. The van der Waals surface area contributed by atoms with Crippen LogP contribution in [0, 0.1) is 18.3 Å². The highest BCUT2D eigenvalue weighted by atomic mass is 79.9. The average molecular weight is 225 g/mol. The molecule has 1 rings (SSSR count). The van der Waals surface area contributed by atoms with Crippen molar-refractivity contribution in [1.29, 1.82) is 5.26 Å². The van der Waals surface area contributed by atoms with E-state index >= 15 is 0 Å². The standard InChI is InChI=1S/C9H9BrN2/c1-6-2-3-7(8(10)4-6)9(12)5-11/h2-4,9H,12H2,1H3/t9-/m1/s1. The summed E-state index contributed by atoms with van der Waals surface area (Å²) in [6.07, 6.45) is 0. The van der Waals surface area contributed by atoms with E-state index in [9.17, 15) is 0 Å². The molecule has 1 atom stereocenters. The fraction of sp³-hybridized carbons (Fsp3) is 0.222. The quantitative estimate of drug-likeness (QED) is 0.796. The Morgan fingerprint density at radius 3 is 2.75 bits per heavy atom. The number of benzene rings is 1. The summed E-state index contributed by atoms with van der Waals surface area (Å²) in [5.41, 5.74) is 7.54. The molecule has 3 heteroatoms. The molecule has 1 aromatic carbocycles. The van der Waals surface area contributed by atoms with Crippen molar-refractivity contribution in [3.63, 3.8) is 0 Å². The van der Waals surface area contributed by atoms with Gasteiger partial charge in [-0.2, -0.15) is 5.26 Å². The van der Waals surface area contributed by atoms with Gasteiger partial charge in [-0.25, -0.2) is 0 Å². The van der Waals surface area contributed by atoms with Crippen LogP contribution in [0.5, 0.6) is 0 Å². The molecule has 0 spiro atoms. The SMILES string of the molecule is Cc1ccc([C@H](N)C#N)c(Br)c1. The molecule has 0 saturated carbocycles. The smallest absolute Gasteiger partial charge is 0.119 e. The zero-order valence-corrected chi connectivity index (χ0v) is 8.30. The largest absolute Gasteiger partial charge is 0.312 e. The van der Waals surface area contributed by atoms with Gasteiger partial charge in [-0.1, -0.05) is 28.1 Å². The van der Waals surface area contributed by atoms with Crippen LogP contribution in [0.25, 0.3) is 0 Å². The molecule has 0 aliphatic rings. The highest BCUT2D eigenvalue weighted by Gasteiger charge is 2.07. The molecular formula is C9H9BrN2. The molecule has 2 nitrogen and oxygen atoms in total. The lowest BCUT2D eigenvalue weighted by Crippen LogP contribution is -2.07. The molecule has 0 unspecified atom stereocenters. The summed E-state index contributed by atoms with van der Waals surface area (Å²) in [7, 11) is 0. The maximum Gasteiger partial charge on any atom is 0.119 e. The van der Waals surface area contributed by atoms with Gasteiger partial charge in [0.05, 0.1) is 6.07 Å². The van der Waals surface area contributed by atoms with Crippen molar-refractivity contribution in [3.8, 4) is 6.07 Å². The molecule has 1 aromatic rings. The van der Waals surface area contributed by atoms with Crippen molar-refractivity contribution in [3.05, 3.63) is 33.8 Å². The number of hydrogen-bond acceptors (Lipinski definition) is 2. The van der Waals surface area contributed by atoms with Crippen LogP contribution in [0.2, 0.25) is 0 Å². The first kappa shape index (κ1) is 9.24. The molecule has 12 heavy (non-hydrogen) atoms. The van der Waals surface area contributed by atoms with Crippen molar-refractivity contribution >= 4 is 15.9 Å². The van der Waals surface area contributed by atoms with Crippen LogP contribution in [0.4, 0.5) is 0 Å². The normalized spacial score (nSPS) is 12.2. The molecule has 0 amide bonds. The Morgan fingerprint density at radius 1 is 1.58 bits per heavy atom. The second kappa shape index (κ2) is 3.70. The van der Waals surface area contributed by atoms with Crippen LogP contribution < -0.4 is 5.73 Å². The summed E-state index contributed by atoms with van der Waals surface area (Å²) >= 11 is 3.36. The Hall–Kier alpha value is -0.850. The van der Waals surface area contributed by atoms with Crippen molar-refractivity contribution < 1.29 is 0 Å². The van der Waals surface area contributed by atoms with E-state index in [-0.39, 0.29) is 0 Å². The van der Waals surface area contributed by atoms with E-state index in [1.165, 1.54) is 0 Å². The zero-order valence-electron chi connectivity index (χ0n) is 6.71. The van der Waals surface area contributed by atoms with Gasteiger partial charge in [0, 0.05) is 4.47 Å². The zero-order chi connectivity index (χ0) is 9.14. The van der Waals surface area contributed by atoms with Gasteiger partial charge in [-0.3, -0.25) is 0 Å². The molecule has 0 aromatic heterocycles. The molecule has 0 radical (unpaired) electrons. The Balaban J connectivity index is 3.11. The van der Waals surface area contributed by atoms with Crippen molar-refractivity contribution in [1.82, 2.24) is 0 Å². The van der Waals surface area contributed by atoms with E-state index in [1.807, 2.05) is 31.2 Å². The Bertz CT molecular complexity index is 328. The minimum Gasteiger partial charge on any atom is -0.312 e. The highest BCUT2D eigenvalue weighted by Crippen LogP contribution is 2.22. The molecular weight excluding hydrogens is 216 g/mol. The maximum atomic E-state index is 8.59. The van der Waals surface area contributed by atoms with Crippen LogP contribution in [0.3, 0.4) is 0 Å². The van der Waals surface area contributed by atoms with Crippen LogP contribution in [-0.4, -0.2) is 0 Å². The highest BCUT2D eigenvalue weighted by molar-refractivity contribution is 9.10. The number of nitriles is 1. The first-order valence-corrected chi connectivity index (χ1v) is 4.35. The van der Waals surface area contributed by atoms with E-state index in [0.717, 1.165) is 15.6 Å². The third kappa shape index (κ3) is 1.84. The van der Waals surface area contributed by atoms with Gasteiger partial charge < -0.3 is 5.73 Å². The average Bonchev–Trinajstić information content (AvgIpc) is 2.03. The monoisotopic (exact) mass is 224 g/mol. The molecule has 0 saturated heterocycles. The number of nitrogens with zero attached hydrogens (tertiary/aromatic N) is 1. The van der Waals surface area contributed by atoms with E-state index in [0.29, 0.717) is 0 Å². The summed E-state index contributed by atoms with van der Waals surface area (Å²) < 4.78 is 0.900.